The zero-order valence-electron chi connectivity index (χ0n) is 38.5. The summed E-state index contributed by atoms with van der Waals surface area (Å²) in [6, 6.07) is 5.65. The molecule has 1 unspecified atom stereocenters. The van der Waals surface area contributed by atoms with Crippen molar-refractivity contribution in [3.05, 3.63) is 145 Å². The Bertz CT molecular complexity index is 2640. The van der Waals surface area contributed by atoms with Crippen LogP contribution in [0.3, 0.4) is 0 Å². The number of hydrogen-bond donors (Lipinski definition) is 2. The van der Waals surface area contributed by atoms with Crippen LogP contribution < -0.4 is 11.1 Å². The van der Waals surface area contributed by atoms with Gasteiger partial charge in [0.05, 0.1) is 5.71 Å². The summed E-state index contributed by atoms with van der Waals surface area (Å²) in [5.74, 6) is -1.56. The lowest BCUT2D eigenvalue weighted by molar-refractivity contribution is -0.129. The molecule has 0 spiro atoms. The number of ketones is 3. The van der Waals surface area contributed by atoms with E-state index in [-0.39, 0.29) is 45.5 Å². The number of nitrogens with one attached hydrogen (secondary N) is 2. The molecule has 2 aromatic heterocycles. The summed E-state index contributed by atoms with van der Waals surface area (Å²) in [7, 11) is 4.81. The Morgan fingerprint density at radius 2 is 0.800 bits per heavy atom. The molecule has 3 aromatic carbocycles. The molecule has 1 atom stereocenters. The maximum Gasteiger partial charge on any atom is 0.277 e. The molecular formula is C48H60N6O6. The number of carbonyl (C=O) groups is 4. The smallest absolute Gasteiger partial charge is 0.277 e. The predicted molar refractivity (Wildman–Crippen MR) is 238 cm³/mol. The van der Waals surface area contributed by atoms with Crippen molar-refractivity contribution in [3.8, 4) is 0 Å². The van der Waals surface area contributed by atoms with Crippen molar-refractivity contribution < 1.29 is 19.2 Å². The normalized spacial score (nSPS) is 13.4. The largest absolute Gasteiger partial charge is 0.299 e. The van der Waals surface area contributed by atoms with Gasteiger partial charge in [-0.15, -0.1) is 0 Å². The van der Waals surface area contributed by atoms with Crippen molar-refractivity contribution in [1.29, 1.82) is 0 Å². The van der Waals surface area contributed by atoms with Crippen LogP contribution >= 0.6 is 0 Å². The van der Waals surface area contributed by atoms with Gasteiger partial charge in [0.25, 0.3) is 17.0 Å². The number of hydrogen-bond acceptors (Lipinski definition) is 7. The molecular weight excluding hydrogens is 757 g/mol. The summed E-state index contributed by atoms with van der Waals surface area (Å²) in [4.78, 5) is 74.3. The molecule has 0 saturated heterocycles. The Morgan fingerprint density at radius 1 is 0.483 bits per heavy atom. The van der Waals surface area contributed by atoms with Gasteiger partial charge in [-0.3, -0.25) is 48.3 Å². The summed E-state index contributed by atoms with van der Waals surface area (Å²) < 4.78 is 2.68. The topological polar surface area (TPSA) is 159 Å². The van der Waals surface area contributed by atoms with Crippen molar-refractivity contribution >= 4 is 29.0 Å². The van der Waals surface area contributed by atoms with Crippen LogP contribution in [0.2, 0.25) is 0 Å². The monoisotopic (exact) mass is 816 g/mol. The van der Waals surface area contributed by atoms with Crippen molar-refractivity contribution in [2.45, 2.75) is 104 Å². The molecule has 1 amide bonds. The number of Topliss-reactive ketones (excluding diaryl/α,β-unsaturated/α-hetero) is 1. The fraction of sp³-hybridized carbons (Fsp3) is 0.396. The summed E-state index contributed by atoms with van der Waals surface area (Å²) in [6.07, 6.45) is 0. The highest BCUT2D eigenvalue weighted by Crippen LogP contribution is 2.27. The minimum atomic E-state index is -0.764. The van der Waals surface area contributed by atoms with Crippen molar-refractivity contribution in [3.63, 3.8) is 0 Å². The maximum atomic E-state index is 12.7. The number of benzene rings is 3. The van der Waals surface area contributed by atoms with Gasteiger partial charge in [-0.05, 0) is 189 Å². The van der Waals surface area contributed by atoms with Crippen LogP contribution in [0.15, 0.2) is 32.9 Å². The third-order valence-corrected chi connectivity index (χ3v) is 12.7. The molecule has 3 heterocycles. The minimum absolute atomic E-state index is 0.149. The first kappa shape index (κ1) is 46.5. The van der Waals surface area contributed by atoms with Gasteiger partial charge in [-0.25, -0.2) is 5.01 Å². The number of aromatic amines is 2. The van der Waals surface area contributed by atoms with E-state index in [0.29, 0.717) is 33.8 Å². The summed E-state index contributed by atoms with van der Waals surface area (Å²) in [5.41, 5.74) is 16.5. The number of nitrogens with zero attached hydrogens (tertiary/aromatic N) is 4. The summed E-state index contributed by atoms with van der Waals surface area (Å²) in [5, 5.41) is 11.1. The number of aryl methyl sites for hydroxylation is 7. The Labute approximate surface area is 352 Å². The Kier molecular flexibility index (Phi) is 13.6. The lowest BCUT2D eigenvalue weighted by atomic mass is 9.87. The van der Waals surface area contributed by atoms with Gasteiger partial charge in [0.15, 0.2) is 5.78 Å². The van der Waals surface area contributed by atoms with E-state index in [1.54, 1.807) is 41.9 Å². The number of amides is 1. The van der Waals surface area contributed by atoms with Gasteiger partial charge in [-0.2, -0.15) is 5.10 Å². The first-order valence-corrected chi connectivity index (χ1v) is 20.0. The maximum absolute atomic E-state index is 12.7. The van der Waals surface area contributed by atoms with Crippen LogP contribution in [0.1, 0.15) is 127 Å². The molecule has 0 aliphatic carbocycles. The van der Waals surface area contributed by atoms with Gasteiger partial charge in [0.2, 0.25) is 11.6 Å². The summed E-state index contributed by atoms with van der Waals surface area (Å²) >= 11 is 0. The average Bonchev–Trinajstić information content (AvgIpc) is 3.72. The molecule has 6 rings (SSSR count). The first-order chi connectivity index (χ1) is 27.8. The fourth-order valence-corrected chi connectivity index (χ4v) is 7.71. The molecule has 60 heavy (non-hydrogen) atoms. The number of aromatic nitrogens is 4. The van der Waals surface area contributed by atoms with E-state index in [1.165, 1.54) is 31.1 Å². The average molecular weight is 817 g/mol. The fourth-order valence-electron chi connectivity index (χ4n) is 7.71. The SMILES string of the molecule is CC1=NN(C)C(=O)C1C(=O)c1cc(C)c(C)c(C)c1C.Cc1cc(C(=O)c2c(C)[nH]n(C)c2=O)c(C)c(C)c1C.Cc1cc(C(=O)c2c(C)[nH]n(C)c2=O)c(C)c(C)c1C. The van der Waals surface area contributed by atoms with Crippen LogP contribution in [0.25, 0.3) is 0 Å². The van der Waals surface area contributed by atoms with E-state index >= 15 is 0 Å². The summed E-state index contributed by atoms with van der Waals surface area (Å²) in [6.45, 7) is 29.2. The molecule has 1 aliphatic heterocycles. The Balaban J connectivity index is 0.000000198. The van der Waals surface area contributed by atoms with Crippen molar-refractivity contribution in [2.24, 2.45) is 25.1 Å². The number of H-pyrrole nitrogens is 2. The minimum Gasteiger partial charge on any atom is -0.299 e. The second kappa shape index (κ2) is 17.6. The third-order valence-electron chi connectivity index (χ3n) is 12.7. The standard InChI is InChI=1S/3C16H20N2O2/c3*1-8-7-13(11(4)10(3)9(8)2)15(19)14-12(5)17-18(6)16(14)20/h2*7,17H,1-6H3;7,14H,1-6H3. The molecule has 1 aliphatic rings. The number of carbonyl (C=O) groups excluding carboxylic acids is 4. The lowest BCUT2D eigenvalue weighted by Gasteiger charge is -2.16. The highest BCUT2D eigenvalue weighted by Gasteiger charge is 2.38. The predicted octanol–water partition coefficient (Wildman–Crippen LogP) is 7.54. The Morgan fingerprint density at radius 3 is 1.08 bits per heavy atom. The molecule has 0 bridgehead atoms. The zero-order chi connectivity index (χ0) is 45.6. The zero-order valence-corrected chi connectivity index (χ0v) is 38.5. The molecule has 0 saturated carbocycles. The molecule has 12 heteroatoms. The van der Waals surface area contributed by atoms with Gasteiger partial charge < -0.3 is 0 Å². The van der Waals surface area contributed by atoms with Gasteiger partial charge in [0, 0.05) is 49.2 Å². The van der Waals surface area contributed by atoms with E-state index in [0.717, 1.165) is 50.1 Å². The van der Waals surface area contributed by atoms with Gasteiger partial charge in [0.1, 0.15) is 17.0 Å². The van der Waals surface area contributed by atoms with E-state index in [9.17, 15) is 28.8 Å². The van der Waals surface area contributed by atoms with E-state index < -0.39 is 5.92 Å². The quantitative estimate of drug-likeness (QED) is 0.133. The second-order valence-corrected chi connectivity index (χ2v) is 16.4. The molecule has 318 valence electrons. The number of hydrazone groups is 1. The van der Waals surface area contributed by atoms with Gasteiger partial charge in [-0.1, -0.05) is 0 Å². The van der Waals surface area contributed by atoms with Crippen molar-refractivity contribution in [2.75, 3.05) is 7.05 Å². The molecule has 5 aromatic rings. The molecule has 0 radical (unpaired) electrons. The number of rotatable bonds is 6. The van der Waals surface area contributed by atoms with Crippen LogP contribution in [0.4, 0.5) is 0 Å². The van der Waals surface area contributed by atoms with Crippen LogP contribution in [-0.4, -0.2) is 60.6 Å². The van der Waals surface area contributed by atoms with Crippen LogP contribution in [0, 0.1) is 103 Å². The van der Waals surface area contributed by atoms with E-state index in [1.807, 2.05) is 101 Å². The molecule has 0 fully saturated rings. The highest BCUT2D eigenvalue weighted by atomic mass is 16.2. The van der Waals surface area contributed by atoms with Crippen LogP contribution in [0.5, 0.6) is 0 Å². The second-order valence-electron chi connectivity index (χ2n) is 16.4. The van der Waals surface area contributed by atoms with E-state index in [4.69, 9.17) is 0 Å². The molecule has 2 N–H and O–H groups in total. The highest BCUT2D eigenvalue weighted by molar-refractivity contribution is 6.26. The first-order valence-electron chi connectivity index (χ1n) is 20.0. The molecule has 12 nitrogen and oxygen atoms in total. The van der Waals surface area contributed by atoms with Crippen LogP contribution in [-0.2, 0) is 18.9 Å². The van der Waals surface area contributed by atoms with E-state index in [2.05, 4.69) is 15.3 Å². The third kappa shape index (κ3) is 8.46. The Hall–Kier alpha value is -6.17. The lowest BCUT2D eigenvalue weighted by Crippen LogP contribution is -2.31. The van der Waals surface area contributed by atoms with Gasteiger partial charge >= 0.3 is 0 Å². The van der Waals surface area contributed by atoms with Crippen molar-refractivity contribution in [1.82, 2.24) is 24.6 Å².